The molecular formula is C12H19NO4. The molecule has 5 heteroatoms. The summed E-state index contributed by atoms with van der Waals surface area (Å²) in [7, 11) is 0. The summed E-state index contributed by atoms with van der Waals surface area (Å²) in [5, 5.41) is 29.5. The normalized spacial score (nSPS) is 38.4. The van der Waals surface area contributed by atoms with Crippen LogP contribution in [0.2, 0.25) is 0 Å². The Balaban J connectivity index is 2.18. The molecule has 0 aliphatic heterocycles. The van der Waals surface area contributed by atoms with Crippen LogP contribution in [-0.2, 0) is 4.79 Å². The lowest BCUT2D eigenvalue weighted by atomic mass is 9.68. The summed E-state index contributed by atoms with van der Waals surface area (Å²) in [6.45, 7) is 0. The molecule has 5 N–H and O–H groups in total. The van der Waals surface area contributed by atoms with Crippen LogP contribution < -0.4 is 5.73 Å². The maximum Gasteiger partial charge on any atom is 0.320 e. The first-order valence-corrected chi connectivity index (χ1v) is 5.96. The summed E-state index contributed by atoms with van der Waals surface area (Å²) >= 11 is 0. The van der Waals surface area contributed by atoms with E-state index in [1.54, 1.807) is 6.08 Å². The second kappa shape index (κ2) is 4.08. The Labute approximate surface area is 99.9 Å². The summed E-state index contributed by atoms with van der Waals surface area (Å²) in [6.07, 6.45) is 4.89. The molecule has 0 radical (unpaired) electrons. The lowest BCUT2D eigenvalue weighted by molar-refractivity contribution is -0.141. The molecule has 2 rings (SSSR count). The van der Waals surface area contributed by atoms with E-state index in [9.17, 15) is 15.0 Å². The molecule has 2 bridgehead atoms. The highest BCUT2D eigenvalue weighted by molar-refractivity contribution is 5.73. The average Bonchev–Trinajstić information content (AvgIpc) is 2.13. The minimum atomic E-state index is -1.28. The Hall–Kier alpha value is -0.910. The standard InChI is InChI=1S/C12H19NO4/c13-9(10(14)15)6-12(17)5-8-2-1-3-11(16,4-8)7-12/h5,9,16-17H,1-4,6-7,13H2,(H,14,15)/t9-,11-,12-/m0/s1. The predicted molar refractivity (Wildman–Crippen MR) is 61.3 cm³/mol. The van der Waals surface area contributed by atoms with Crippen molar-refractivity contribution in [1.82, 2.24) is 0 Å². The lowest BCUT2D eigenvalue weighted by Crippen LogP contribution is -2.49. The molecule has 0 heterocycles. The molecule has 1 fully saturated rings. The zero-order valence-corrected chi connectivity index (χ0v) is 9.72. The van der Waals surface area contributed by atoms with Gasteiger partial charge in [0.25, 0.3) is 0 Å². The van der Waals surface area contributed by atoms with Crippen molar-refractivity contribution < 1.29 is 20.1 Å². The van der Waals surface area contributed by atoms with E-state index in [4.69, 9.17) is 10.8 Å². The fourth-order valence-corrected chi connectivity index (χ4v) is 3.12. The Morgan fingerprint density at radius 1 is 1.53 bits per heavy atom. The molecular weight excluding hydrogens is 222 g/mol. The van der Waals surface area contributed by atoms with Crippen molar-refractivity contribution in [2.24, 2.45) is 5.73 Å². The van der Waals surface area contributed by atoms with E-state index in [1.165, 1.54) is 0 Å². The number of aliphatic carboxylic acids is 1. The monoisotopic (exact) mass is 241 g/mol. The first kappa shape index (κ1) is 12.5. The van der Waals surface area contributed by atoms with Crippen LogP contribution in [0.1, 0.15) is 38.5 Å². The second-order valence-corrected chi connectivity index (χ2v) is 5.49. The first-order chi connectivity index (χ1) is 7.82. The Morgan fingerprint density at radius 3 is 2.82 bits per heavy atom. The van der Waals surface area contributed by atoms with E-state index in [1.807, 2.05) is 0 Å². The van der Waals surface area contributed by atoms with Crippen molar-refractivity contribution >= 4 is 5.97 Å². The van der Waals surface area contributed by atoms with Gasteiger partial charge in [-0.1, -0.05) is 11.6 Å². The molecule has 2 aliphatic rings. The molecule has 96 valence electrons. The van der Waals surface area contributed by atoms with Crippen LogP contribution in [0.3, 0.4) is 0 Å². The lowest BCUT2D eigenvalue weighted by Gasteiger charge is -2.44. The number of rotatable bonds is 3. The third kappa shape index (κ3) is 2.68. The molecule has 0 saturated heterocycles. The zero-order chi connectivity index (χ0) is 12.7. The number of nitrogens with two attached hydrogens (primary N) is 1. The van der Waals surface area contributed by atoms with Gasteiger partial charge >= 0.3 is 5.97 Å². The Bertz CT molecular complexity index is 368. The molecule has 0 amide bonds. The summed E-state index contributed by atoms with van der Waals surface area (Å²) in [5.41, 5.74) is 4.32. The zero-order valence-electron chi connectivity index (χ0n) is 9.72. The average molecular weight is 241 g/mol. The van der Waals surface area contributed by atoms with E-state index in [-0.39, 0.29) is 12.8 Å². The smallest absolute Gasteiger partial charge is 0.320 e. The van der Waals surface area contributed by atoms with Crippen molar-refractivity contribution in [3.05, 3.63) is 11.6 Å². The molecule has 1 saturated carbocycles. The summed E-state index contributed by atoms with van der Waals surface area (Å²) in [4.78, 5) is 10.7. The number of hydrogen-bond donors (Lipinski definition) is 4. The topological polar surface area (TPSA) is 104 Å². The highest BCUT2D eigenvalue weighted by Crippen LogP contribution is 2.44. The van der Waals surface area contributed by atoms with Crippen molar-refractivity contribution in [1.29, 1.82) is 0 Å². The van der Waals surface area contributed by atoms with Crippen LogP contribution in [0.5, 0.6) is 0 Å². The first-order valence-electron chi connectivity index (χ1n) is 5.96. The molecule has 0 aromatic heterocycles. The second-order valence-electron chi connectivity index (χ2n) is 5.49. The van der Waals surface area contributed by atoms with Crippen LogP contribution in [0, 0.1) is 0 Å². The summed E-state index contributed by atoms with van der Waals surface area (Å²) in [6, 6.07) is -1.10. The highest BCUT2D eigenvalue weighted by Gasteiger charge is 2.45. The van der Waals surface area contributed by atoms with Crippen molar-refractivity contribution in [2.75, 3.05) is 0 Å². The van der Waals surface area contributed by atoms with Gasteiger partial charge in [-0.25, -0.2) is 0 Å². The fraction of sp³-hybridized carbons (Fsp3) is 0.750. The van der Waals surface area contributed by atoms with Gasteiger partial charge in [-0.2, -0.15) is 0 Å². The number of hydrogen-bond acceptors (Lipinski definition) is 4. The maximum absolute atomic E-state index is 10.7. The van der Waals surface area contributed by atoms with Gasteiger partial charge in [-0.15, -0.1) is 0 Å². The van der Waals surface area contributed by atoms with Crippen LogP contribution in [0.15, 0.2) is 11.6 Å². The van der Waals surface area contributed by atoms with Crippen LogP contribution in [-0.4, -0.2) is 38.5 Å². The molecule has 3 atom stereocenters. The summed E-state index contributed by atoms with van der Waals surface area (Å²) in [5.74, 6) is -1.13. The molecule has 0 spiro atoms. The molecule has 17 heavy (non-hydrogen) atoms. The van der Waals surface area contributed by atoms with Gasteiger partial charge in [0.2, 0.25) is 0 Å². The quantitative estimate of drug-likeness (QED) is 0.527. The molecule has 5 nitrogen and oxygen atoms in total. The predicted octanol–water partition coefficient (Wildman–Crippen LogP) is 0.155. The van der Waals surface area contributed by atoms with Gasteiger partial charge in [-0.3, -0.25) is 4.79 Å². The molecule has 2 aliphatic carbocycles. The van der Waals surface area contributed by atoms with Crippen molar-refractivity contribution in [3.63, 3.8) is 0 Å². The number of carboxylic acid groups (broad SMARTS) is 1. The Kier molecular flexibility index (Phi) is 3.01. The Morgan fingerprint density at radius 2 is 2.24 bits per heavy atom. The van der Waals surface area contributed by atoms with E-state index in [0.717, 1.165) is 18.4 Å². The maximum atomic E-state index is 10.7. The SMILES string of the molecule is N[C@@H](C[C@@]1(O)C=C2CCC[C@](O)(C2)C1)C(=O)O. The van der Waals surface area contributed by atoms with E-state index in [2.05, 4.69) is 0 Å². The minimum absolute atomic E-state index is 0.0475. The van der Waals surface area contributed by atoms with Crippen molar-refractivity contribution in [3.8, 4) is 0 Å². The molecule has 0 aromatic rings. The van der Waals surface area contributed by atoms with Gasteiger partial charge in [0.15, 0.2) is 0 Å². The number of carboxylic acids is 1. The van der Waals surface area contributed by atoms with Crippen molar-refractivity contribution in [2.45, 2.75) is 55.8 Å². The molecule has 0 unspecified atom stereocenters. The third-order valence-electron chi connectivity index (χ3n) is 3.69. The molecule has 0 aromatic carbocycles. The van der Waals surface area contributed by atoms with Crippen LogP contribution in [0.4, 0.5) is 0 Å². The largest absolute Gasteiger partial charge is 0.480 e. The van der Waals surface area contributed by atoms with Gasteiger partial charge in [0.05, 0.1) is 11.2 Å². The number of carbonyl (C=O) groups is 1. The summed E-state index contributed by atoms with van der Waals surface area (Å²) < 4.78 is 0. The van der Waals surface area contributed by atoms with Gasteiger partial charge < -0.3 is 21.1 Å². The highest BCUT2D eigenvalue weighted by atomic mass is 16.4. The van der Waals surface area contributed by atoms with Gasteiger partial charge in [0.1, 0.15) is 6.04 Å². The van der Waals surface area contributed by atoms with Crippen LogP contribution >= 0.6 is 0 Å². The van der Waals surface area contributed by atoms with Gasteiger partial charge in [-0.05, 0) is 25.7 Å². The minimum Gasteiger partial charge on any atom is -0.480 e. The van der Waals surface area contributed by atoms with Crippen LogP contribution in [0.25, 0.3) is 0 Å². The number of fused-ring (bicyclic) bond motifs is 2. The fourth-order valence-electron chi connectivity index (χ4n) is 3.12. The van der Waals surface area contributed by atoms with E-state index in [0.29, 0.717) is 12.8 Å². The number of aliphatic hydroxyl groups is 2. The van der Waals surface area contributed by atoms with Gasteiger partial charge in [0, 0.05) is 12.8 Å². The van der Waals surface area contributed by atoms with E-state index < -0.39 is 23.2 Å². The third-order valence-corrected chi connectivity index (χ3v) is 3.69. The van der Waals surface area contributed by atoms with E-state index >= 15 is 0 Å².